The van der Waals surface area contributed by atoms with Gasteiger partial charge in [0.2, 0.25) is 5.28 Å². The van der Waals surface area contributed by atoms with E-state index in [0.717, 1.165) is 16.9 Å². The zero-order valence-corrected chi connectivity index (χ0v) is 9.61. The first-order valence-electron chi connectivity index (χ1n) is 5.00. The molecular weight excluding hydrogens is 224 g/mol. The first-order chi connectivity index (χ1) is 7.79. The normalized spacial score (nSPS) is 10.1. The molecular formula is C12H11ClN2O. The molecule has 2 aromatic rings. The molecule has 1 aromatic heterocycles. The lowest BCUT2D eigenvalue weighted by Crippen LogP contribution is -1.91. The van der Waals surface area contributed by atoms with Crippen LogP contribution < -0.4 is 4.74 Å². The molecule has 2 rings (SSSR count). The van der Waals surface area contributed by atoms with Gasteiger partial charge in [0.1, 0.15) is 5.75 Å². The van der Waals surface area contributed by atoms with Gasteiger partial charge in [-0.2, -0.15) is 0 Å². The standard InChI is InChI=1S/C12H11ClN2O/c1-2-16-11-5-3-4-9(6-11)10-7-14-12(13)15-8-10/h3-8H,2H2,1H3. The minimum absolute atomic E-state index is 0.254. The van der Waals surface area contributed by atoms with Crippen LogP contribution in [-0.4, -0.2) is 16.6 Å². The molecule has 0 radical (unpaired) electrons. The van der Waals surface area contributed by atoms with Gasteiger partial charge in [-0.3, -0.25) is 0 Å². The molecule has 0 atom stereocenters. The molecule has 0 N–H and O–H groups in total. The quantitative estimate of drug-likeness (QED) is 0.765. The molecule has 1 aromatic carbocycles. The molecule has 0 amide bonds. The van der Waals surface area contributed by atoms with Gasteiger partial charge in [0, 0.05) is 18.0 Å². The van der Waals surface area contributed by atoms with Gasteiger partial charge in [-0.15, -0.1) is 0 Å². The summed E-state index contributed by atoms with van der Waals surface area (Å²) in [6.45, 7) is 2.61. The minimum Gasteiger partial charge on any atom is -0.494 e. The van der Waals surface area contributed by atoms with E-state index in [-0.39, 0.29) is 5.28 Å². The van der Waals surface area contributed by atoms with Crippen LogP contribution in [0.5, 0.6) is 5.75 Å². The zero-order chi connectivity index (χ0) is 11.4. The fraction of sp³-hybridized carbons (Fsp3) is 0.167. The van der Waals surface area contributed by atoms with Crippen LogP contribution in [0.2, 0.25) is 5.28 Å². The SMILES string of the molecule is CCOc1cccc(-c2cnc(Cl)nc2)c1. The lowest BCUT2D eigenvalue weighted by Gasteiger charge is -2.05. The van der Waals surface area contributed by atoms with Gasteiger partial charge in [-0.1, -0.05) is 12.1 Å². The fourth-order valence-corrected chi connectivity index (χ4v) is 1.49. The highest BCUT2D eigenvalue weighted by Gasteiger charge is 2.01. The summed E-state index contributed by atoms with van der Waals surface area (Å²) in [6.07, 6.45) is 3.39. The topological polar surface area (TPSA) is 35.0 Å². The van der Waals surface area contributed by atoms with E-state index in [2.05, 4.69) is 9.97 Å². The third-order valence-electron chi connectivity index (χ3n) is 2.10. The molecule has 0 saturated heterocycles. The highest BCUT2D eigenvalue weighted by Crippen LogP contribution is 2.23. The first-order valence-corrected chi connectivity index (χ1v) is 5.38. The summed E-state index contributed by atoms with van der Waals surface area (Å²) in [5.74, 6) is 0.843. The monoisotopic (exact) mass is 234 g/mol. The van der Waals surface area contributed by atoms with Gasteiger partial charge in [-0.25, -0.2) is 9.97 Å². The van der Waals surface area contributed by atoms with Crippen molar-refractivity contribution >= 4 is 11.6 Å². The lowest BCUT2D eigenvalue weighted by atomic mass is 10.1. The van der Waals surface area contributed by atoms with Gasteiger partial charge in [0.05, 0.1) is 6.61 Å². The van der Waals surface area contributed by atoms with Crippen LogP contribution in [0.3, 0.4) is 0 Å². The smallest absolute Gasteiger partial charge is 0.222 e. The Kier molecular flexibility index (Phi) is 3.37. The molecule has 0 bridgehead atoms. The van der Waals surface area contributed by atoms with Crippen molar-refractivity contribution < 1.29 is 4.74 Å². The van der Waals surface area contributed by atoms with Gasteiger partial charge >= 0.3 is 0 Å². The maximum atomic E-state index is 5.63. The molecule has 0 spiro atoms. The molecule has 0 unspecified atom stereocenters. The Morgan fingerprint density at radius 3 is 2.62 bits per heavy atom. The molecule has 16 heavy (non-hydrogen) atoms. The molecule has 0 aliphatic rings. The van der Waals surface area contributed by atoms with Crippen molar-refractivity contribution in [3.8, 4) is 16.9 Å². The van der Waals surface area contributed by atoms with Crippen molar-refractivity contribution in [1.82, 2.24) is 9.97 Å². The molecule has 82 valence electrons. The van der Waals surface area contributed by atoms with Crippen molar-refractivity contribution in [3.63, 3.8) is 0 Å². The van der Waals surface area contributed by atoms with Crippen LogP contribution in [0, 0.1) is 0 Å². The van der Waals surface area contributed by atoms with E-state index in [1.54, 1.807) is 12.4 Å². The zero-order valence-electron chi connectivity index (χ0n) is 8.85. The van der Waals surface area contributed by atoms with Crippen LogP contribution in [0.15, 0.2) is 36.7 Å². The highest BCUT2D eigenvalue weighted by molar-refractivity contribution is 6.28. The third kappa shape index (κ3) is 2.49. The Bertz CT molecular complexity index is 471. The molecule has 0 fully saturated rings. The first kappa shape index (κ1) is 10.9. The van der Waals surface area contributed by atoms with E-state index in [1.165, 1.54) is 0 Å². The molecule has 0 aliphatic heterocycles. The predicted molar refractivity (Wildman–Crippen MR) is 63.6 cm³/mol. The Morgan fingerprint density at radius 1 is 1.19 bits per heavy atom. The second kappa shape index (κ2) is 4.94. The third-order valence-corrected chi connectivity index (χ3v) is 2.29. The van der Waals surface area contributed by atoms with Crippen molar-refractivity contribution in [2.45, 2.75) is 6.92 Å². The van der Waals surface area contributed by atoms with Crippen molar-refractivity contribution in [3.05, 3.63) is 41.9 Å². The van der Waals surface area contributed by atoms with Crippen LogP contribution >= 0.6 is 11.6 Å². The number of ether oxygens (including phenoxy) is 1. The summed E-state index contributed by atoms with van der Waals surface area (Å²) in [5.41, 5.74) is 1.94. The van der Waals surface area contributed by atoms with Crippen molar-refractivity contribution in [2.75, 3.05) is 6.61 Å². The molecule has 0 saturated carbocycles. The van der Waals surface area contributed by atoms with Crippen molar-refractivity contribution in [1.29, 1.82) is 0 Å². The van der Waals surface area contributed by atoms with E-state index in [1.807, 2.05) is 31.2 Å². The Morgan fingerprint density at radius 2 is 1.94 bits per heavy atom. The maximum Gasteiger partial charge on any atom is 0.222 e. The average molecular weight is 235 g/mol. The number of halogens is 1. The largest absolute Gasteiger partial charge is 0.494 e. The summed E-state index contributed by atoms with van der Waals surface area (Å²) in [5, 5.41) is 0.254. The molecule has 4 heteroatoms. The predicted octanol–water partition coefficient (Wildman–Crippen LogP) is 3.20. The minimum atomic E-state index is 0.254. The average Bonchev–Trinajstić information content (AvgIpc) is 2.31. The number of benzene rings is 1. The summed E-state index contributed by atoms with van der Waals surface area (Å²) in [6, 6.07) is 7.80. The fourth-order valence-electron chi connectivity index (χ4n) is 1.39. The van der Waals surface area contributed by atoms with E-state index in [9.17, 15) is 0 Å². The van der Waals surface area contributed by atoms with E-state index < -0.39 is 0 Å². The molecule has 1 heterocycles. The second-order valence-electron chi connectivity index (χ2n) is 3.20. The summed E-state index contributed by atoms with van der Waals surface area (Å²) in [7, 11) is 0. The van der Waals surface area contributed by atoms with Crippen LogP contribution in [0.1, 0.15) is 6.92 Å². The van der Waals surface area contributed by atoms with E-state index >= 15 is 0 Å². The van der Waals surface area contributed by atoms with Crippen LogP contribution in [0.25, 0.3) is 11.1 Å². The van der Waals surface area contributed by atoms with E-state index in [4.69, 9.17) is 16.3 Å². The van der Waals surface area contributed by atoms with Crippen molar-refractivity contribution in [2.24, 2.45) is 0 Å². The number of rotatable bonds is 3. The van der Waals surface area contributed by atoms with Crippen LogP contribution in [-0.2, 0) is 0 Å². The Labute approximate surface area is 99.1 Å². The van der Waals surface area contributed by atoms with E-state index in [0.29, 0.717) is 6.61 Å². The number of hydrogen-bond donors (Lipinski definition) is 0. The maximum absolute atomic E-state index is 5.63. The van der Waals surface area contributed by atoms with Gasteiger partial charge in [0.25, 0.3) is 0 Å². The lowest BCUT2D eigenvalue weighted by molar-refractivity contribution is 0.340. The second-order valence-corrected chi connectivity index (χ2v) is 3.54. The Balaban J connectivity index is 2.32. The van der Waals surface area contributed by atoms with Gasteiger partial charge < -0.3 is 4.74 Å². The number of nitrogens with zero attached hydrogens (tertiary/aromatic N) is 2. The van der Waals surface area contributed by atoms with Gasteiger partial charge in [0.15, 0.2) is 0 Å². The van der Waals surface area contributed by atoms with Crippen LogP contribution in [0.4, 0.5) is 0 Å². The number of hydrogen-bond acceptors (Lipinski definition) is 3. The summed E-state index contributed by atoms with van der Waals surface area (Å²) in [4.78, 5) is 7.89. The highest BCUT2D eigenvalue weighted by atomic mass is 35.5. The summed E-state index contributed by atoms with van der Waals surface area (Å²) < 4.78 is 5.42. The molecule has 0 aliphatic carbocycles. The van der Waals surface area contributed by atoms with Gasteiger partial charge in [-0.05, 0) is 36.2 Å². The summed E-state index contributed by atoms with van der Waals surface area (Å²) >= 11 is 5.63. The Hall–Kier alpha value is -1.61. The number of aromatic nitrogens is 2. The molecule has 3 nitrogen and oxygen atoms in total.